The molecule has 1 saturated heterocycles. The van der Waals surface area contributed by atoms with E-state index in [2.05, 4.69) is 47.7 Å². The molecule has 6 N–H and O–H groups in total. The third-order valence-corrected chi connectivity index (χ3v) is 16.2. The molecular weight excluding hydrogens is 991 g/mol. The molecule has 1 aliphatic rings. The van der Waals surface area contributed by atoms with Crippen LogP contribution in [-0.2, 0) is 28.9 Å². The summed E-state index contributed by atoms with van der Waals surface area (Å²) in [7, 11) is -5.08. The number of rotatable bonds is 58. The molecule has 1 rings (SSSR count). The van der Waals surface area contributed by atoms with Crippen LogP contribution >= 0.6 is 0 Å². The fraction of sp³-hybridized carbons (Fsp3) is 0.922. The molecule has 1 amide bonds. The van der Waals surface area contributed by atoms with E-state index in [0.717, 1.165) is 57.8 Å². The average Bonchev–Trinajstić information content (AvgIpc) is 3.41. The van der Waals surface area contributed by atoms with Crippen LogP contribution in [-0.4, -0.2) is 95.4 Å². The maximum Gasteiger partial charge on any atom is 0.397 e. The van der Waals surface area contributed by atoms with Gasteiger partial charge in [-0.25, -0.2) is 4.18 Å². The van der Waals surface area contributed by atoms with Gasteiger partial charge in [0.1, 0.15) is 24.4 Å². The molecule has 13 heteroatoms. The van der Waals surface area contributed by atoms with Crippen molar-refractivity contribution in [1.82, 2.24) is 5.32 Å². The van der Waals surface area contributed by atoms with Crippen molar-refractivity contribution in [3.63, 3.8) is 0 Å². The first-order chi connectivity index (χ1) is 37.5. The molecular formula is C64H123NO11S. The summed E-state index contributed by atoms with van der Waals surface area (Å²) in [4.78, 5) is 13.1. The predicted octanol–water partition coefficient (Wildman–Crippen LogP) is 16.4. The zero-order valence-electron chi connectivity index (χ0n) is 49.8. The van der Waals surface area contributed by atoms with Crippen LogP contribution in [0.1, 0.15) is 322 Å². The lowest BCUT2D eigenvalue weighted by atomic mass is 9.99. The topological polar surface area (TPSA) is 192 Å². The van der Waals surface area contributed by atoms with E-state index in [1.807, 2.05) is 0 Å². The van der Waals surface area contributed by atoms with Crippen LogP contribution in [0.5, 0.6) is 0 Å². The Kier molecular flexibility index (Phi) is 51.5. The maximum absolute atomic E-state index is 13.1. The SMILES string of the molecule is CCCCCCCCCCCCCCCCC/C=C\C/C=C\CCCCCCCCCCCCCCCCCCCC(=O)NC(COC1OC(CO)C(O)C(OS(=O)(=O)O)C1O)C(O)CCCCCCCCCCCCC. The fourth-order valence-electron chi connectivity index (χ4n) is 10.7. The second-order valence-corrected chi connectivity index (χ2v) is 24.1. The lowest BCUT2D eigenvalue weighted by molar-refractivity contribution is -0.298. The molecule has 0 bridgehead atoms. The molecule has 0 aromatic rings. The summed E-state index contributed by atoms with van der Waals surface area (Å²) in [5, 5.41) is 45.0. The number of hydrogen-bond acceptors (Lipinski definition) is 10. The van der Waals surface area contributed by atoms with Crippen LogP contribution in [0.4, 0.5) is 0 Å². The number of amides is 1. The van der Waals surface area contributed by atoms with Crippen LogP contribution < -0.4 is 5.32 Å². The summed E-state index contributed by atoms with van der Waals surface area (Å²) in [6.07, 6.45) is 59.6. The molecule has 0 radical (unpaired) electrons. The normalized spacial score (nSPS) is 19.0. The van der Waals surface area contributed by atoms with Gasteiger partial charge in [0, 0.05) is 6.42 Å². The van der Waals surface area contributed by atoms with Crippen molar-refractivity contribution in [2.45, 2.75) is 365 Å². The van der Waals surface area contributed by atoms with Gasteiger partial charge in [-0.2, -0.15) is 8.42 Å². The van der Waals surface area contributed by atoms with Crippen LogP contribution in [0.15, 0.2) is 24.3 Å². The van der Waals surface area contributed by atoms with E-state index < -0.39 is 59.9 Å². The van der Waals surface area contributed by atoms with Gasteiger partial charge in [-0.3, -0.25) is 9.35 Å². The fourth-order valence-corrected chi connectivity index (χ4v) is 11.2. The number of unbranched alkanes of at least 4 members (excludes halogenated alkanes) is 42. The first-order valence-electron chi connectivity index (χ1n) is 32.7. The van der Waals surface area contributed by atoms with E-state index in [0.29, 0.717) is 12.8 Å². The number of carbonyl (C=O) groups is 1. The Hall–Kier alpha value is -1.42. The molecule has 0 spiro atoms. The third-order valence-electron chi connectivity index (χ3n) is 15.8. The molecule has 0 aliphatic carbocycles. The Morgan fingerprint density at radius 2 is 0.870 bits per heavy atom. The van der Waals surface area contributed by atoms with Crippen molar-refractivity contribution in [2.75, 3.05) is 13.2 Å². The van der Waals surface area contributed by atoms with E-state index in [1.165, 1.54) is 238 Å². The Morgan fingerprint density at radius 1 is 0.519 bits per heavy atom. The van der Waals surface area contributed by atoms with Gasteiger partial charge in [0.2, 0.25) is 5.91 Å². The van der Waals surface area contributed by atoms with Gasteiger partial charge in [-0.15, -0.1) is 0 Å². The summed E-state index contributed by atoms with van der Waals surface area (Å²) in [6, 6.07) is -0.856. The number of hydrogen-bond donors (Lipinski definition) is 6. The van der Waals surface area contributed by atoms with E-state index in [9.17, 15) is 38.2 Å². The summed E-state index contributed by atoms with van der Waals surface area (Å²) < 4.78 is 47.8. The average molecular weight is 1110 g/mol. The molecule has 77 heavy (non-hydrogen) atoms. The molecule has 1 heterocycles. The molecule has 0 saturated carbocycles. The molecule has 0 aromatic heterocycles. The number of aliphatic hydroxyl groups is 4. The van der Waals surface area contributed by atoms with Crippen LogP contribution in [0.2, 0.25) is 0 Å². The Labute approximate surface area is 473 Å². The van der Waals surface area contributed by atoms with Crippen LogP contribution in [0, 0.1) is 0 Å². The monoisotopic (exact) mass is 1110 g/mol. The Morgan fingerprint density at radius 3 is 1.23 bits per heavy atom. The van der Waals surface area contributed by atoms with E-state index in [4.69, 9.17) is 9.47 Å². The largest absolute Gasteiger partial charge is 0.397 e. The zero-order chi connectivity index (χ0) is 56.1. The minimum absolute atomic E-state index is 0.227. The number of ether oxygens (including phenoxy) is 2. The van der Waals surface area contributed by atoms with Crippen molar-refractivity contribution < 1.29 is 51.8 Å². The molecule has 0 aromatic carbocycles. The number of nitrogens with one attached hydrogen (secondary N) is 1. The van der Waals surface area contributed by atoms with Crippen molar-refractivity contribution in [1.29, 1.82) is 0 Å². The summed E-state index contributed by atoms with van der Waals surface area (Å²) in [5.74, 6) is -0.227. The molecule has 12 nitrogen and oxygen atoms in total. The number of allylic oxidation sites excluding steroid dienone is 4. The molecule has 456 valence electrons. The van der Waals surface area contributed by atoms with Crippen molar-refractivity contribution in [2.24, 2.45) is 0 Å². The van der Waals surface area contributed by atoms with Gasteiger partial charge in [-0.1, -0.05) is 295 Å². The predicted molar refractivity (Wildman–Crippen MR) is 319 cm³/mol. The zero-order valence-corrected chi connectivity index (χ0v) is 50.6. The number of carbonyl (C=O) groups excluding carboxylic acids is 1. The molecule has 1 aliphatic heterocycles. The summed E-state index contributed by atoms with van der Waals surface area (Å²) >= 11 is 0. The van der Waals surface area contributed by atoms with E-state index in [1.54, 1.807) is 0 Å². The third kappa shape index (κ3) is 45.8. The van der Waals surface area contributed by atoms with Gasteiger partial charge in [-0.05, 0) is 44.9 Å². The van der Waals surface area contributed by atoms with Crippen molar-refractivity contribution in [3.8, 4) is 0 Å². The minimum Gasteiger partial charge on any atom is -0.394 e. The molecule has 7 unspecified atom stereocenters. The highest BCUT2D eigenvalue weighted by atomic mass is 32.3. The van der Waals surface area contributed by atoms with Gasteiger partial charge in [0.15, 0.2) is 6.29 Å². The Bertz CT molecular complexity index is 1450. The van der Waals surface area contributed by atoms with E-state index in [-0.39, 0.29) is 12.5 Å². The second-order valence-electron chi connectivity index (χ2n) is 23.1. The van der Waals surface area contributed by atoms with E-state index >= 15 is 0 Å². The summed E-state index contributed by atoms with van der Waals surface area (Å²) in [5.41, 5.74) is 0. The Balaban J connectivity index is 2.11. The maximum atomic E-state index is 13.1. The lowest BCUT2D eigenvalue weighted by Crippen LogP contribution is -2.61. The first-order valence-corrected chi connectivity index (χ1v) is 34.1. The minimum atomic E-state index is -5.08. The summed E-state index contributed by atoms with van der Waals surface area (Å²) in [6.45, 7) is 3.47. The lowest BCUT2D eigenvalue weighted by Gasteiger charge is -2.41. The van der Waals surface area contributed by atoms with Gasteiger partial charge in [0.25, 0.3) is 0 Å². The first kappa shape index (κ1) is 73.6. The van der Waals surface area contributed by atoms with Gasteiger partial charge < -0.3 is 35.2 Å². The van der Waals surface area contributed by atoms with Crippen molar-refractivity contribution in [3.05, 3.63) is 24.3 Å². The standard InChI is InChI=1S/C64H123NO11S/c1-3-5-7-9-11-13-15-16-17-18-19-20-21-22-23-24-25-26-27-28-29-30-31-32-33-34-35-36-37-38-39-40-41-42-44-46-48-50-52-54-60(68)65-57(58(67)53-51-49-47-45-43-14-12-10-8-6-4-2)56-74-64-62(70)63(76-77(71,72)73)61(69)59(55-66)75-64/h25-26,28-29,57-59,61-64,66-67,69-70H,3-24,27,30-56H2,1-2H3,(H,65,68)(H,71,72,73)/b26-25-,29-28-. The second kappa shape index (κ2) is 53.9. The highest BCUT2D eigenvalue weighted by Gasteiger charge is 2.48. The molecule has 1 fully saturated rings. The highest BCUT2D eigenvalue weighted by molar-refractivity contribution is 7.80. The smallest absolute Gasteiger partial charge is 0.394 e. The van der Waals surface area contributed by atoms with Crippen LogP contribution in [0.25, 0.3) is 0 Å². The van der Waals surface area contributed by atoms with Crippen LogP contribution in [0.3, 0.4) is 0 Å². The van der Waals surface area contributed by atoms with Gasteiger partial charge in [0.05, 0.1) is 25.4 Å². The quantitative estimate of drug-likeness (QED) is 0.0193. The highest BCUT2D eigenvalue weighted by Crippen LogP contribution is 2.26. The number of aliphatic hydroxyl groups excluding tert-OH is 4. The molecule has 7 atom stereocenters. The van der Waals surface area contributed by atoms with Gasteiger partial charge >= 0.3 is 10.4 Å². The van der Waals surface area contributed by atoms with Crippen molar-refractivity contribution >= 4 is 16.3 Å².